The van der Waals surface area contributed by atoms with E-state index in [4.69, 9.17) is 11.6 Å². The lowest BCUT2D eigenvalue weighted by Crippen LogP contribution is -2.57. The van der Waals surface area contributed by atoms with Crippen molar-refractivity contribution in [1.82, 2.24) is 4.90 Å². The highest BCUT2D eigenvalue weighted by Crippen LogP contribution is 2.66. The molecule has 1 unspecified atom stereocenters. The van der Waals surface area contributed by atoms with E-state index in [1.54, 1.807) is 20.8 Å². The van der Waals surface area contributed by atoms with Crippen molar-refractivity contribution in [3.05, 3.63) is 83.4 Å². The molecule has 0 radical (unpaired) electrons. The Kier molecular flexibility index (Phi) is 7.07. The second kappa shape index (κ2) is 10.3. The molecule has 6 rings (SSSR count). The van der Waals surface area contributed by atoms with Crippen LogP contribution in [-0.2, 0) is 14.4 Å². The summed E-state index contributed by atoms with van der Waals surface area (Å²) in [6, 6.07) is 13.5. The fourth-order valence-corrected chi connectivity index (χ4v) is 9.74. The first-order valence-corrected chi connectivity index (χ1v) is 15.3. The molecule has 9 heteroatoms. The van der Waals surface area contributed by atoms with E-state index in [1.165, 1.54) is 11.8 Å². The maximum absolute atomic E-state index is 14.7. The largest absolute Gasteiger partial charge is 0.394 e. The summed E-state index contributed by atoms with van der Waals surface area (Å²) in [5.41, 5.74) is 2.24. The van der Waals surface area contributed by atoms with Gasteiger partial charge in [-0.2, -0.15) is 0 Å². The molecule has 0 bridgehead atoms. The van der Waals surface area contributed by atoms with E-state index >= 15 is 0 Å². The van der Waals surface area contributed by atoms with Crippen LogP contribution in [0, 0.1) is 18.8 Å². The van der Waals surface area contributed by atoms with Crippen LogP contribution in [0.4, 0.5) is 11.4 Å². The van der Waals surface area contributed by atoms with E-state index in [9.17, 15) is 19.5 Å². The number of fused-ring (bicyclic) bond motifs is 2. The lowest BCUT2D eigenvalue weighted by atomic mass is 9.74. The average molecular weight is 592 g/mol. The smallest absolute Gasteiger partial charge is 0.251 e. The van der Waals surface area contributed by atoms with Gasteiger partial charge in [0.1, 0.15) is 6.04 Å². The summed E-state index contributed by atoms with van der Waals surface area (Å²) in [6.07, 6.45) is 8.45. The Bertz CT molecular complexity index is 1440. The maximum atomic E-state index is 14.7. The Balaban J connectivity index is 1.52. The van der Waals surface area contributed by atoms with E-state index < -0.39 is 33.4 Å². The summed E-state index contributed by atoms with van der Waals surface area (Å²) < 4.78 is -1.72. The first kappa shape index (κ1) is 28.1. The van der Waals surface area contributed by atoms with Gasteiger partial charge in [-0.05, 0) is 44.0 Å². The Morgan fingerprint density at radius 3 is 2.34 bits per heavy atom. The van der Waals surface area contributed by atoms with E-state index in [0.29, 0.717) is 23.7 Å². The second-order valence-corrected chi connectivity index (χ2v) is 13.6. The predicted molar refractivity (Wildman–Crippen MR) is 163 cm³/mol. The zero-order valence-corrected chi connectivity index (χ0v) is 24.9. The molecular formula is C32H34ClN3O4S. The van der Waals surface area contributed by atoms with Gasteiger partial charge in [0.25, 0.3) is 5.91 Å². The van der Waals surface area contributed by atoms with E-state index in [-0.39, 0.29) is 30.9 Å². The minimum absolute atomic E-state index is 0.132. The van der Waals surface area contributed by atoms with Crippen molar-refractivity contribution in [1.29, 1.82) is 0 Å². The predicted octanol–water partition coefficient (Wildman–Crippen LogP) is 4.61. The molecule has 2 fully saturated rings. The number of halogens is 1. The van der Waals surface area contributed by atoms with Crippen molar-refractivity contribution in [2.45, 2.75) is 48.8 Å². The van der Waals surface area contributed by atoms with Crippen LogP contribution in [0.25, 0.3) is 0 Å². The topological polar surface area (TPSA) is 81.2 Å². The average Bonchev–Trinajstić information content (AvgIpc) is 3.23. The van der Waals surface area contributed by atoms with Gasteiger partial charge in [0.2, 0.25) is 11.8 Å². The number of carbonyl (C=O) groups is 3. The highest BCUT2D eigenvalue weighted by molar-refractivity contribution is 8.02. The Hall–Kier alpha value is -3.07. The number of aliphatic hydroxyl groups excluding tert-OH is 1. The number of likely N-dealkylation sites (tertiary alicyclic amines) is 1. The van der Waals surface area contributed by atoms with Gasteiger partial charge in [0.15, 0.2) is 0 Å². The van der Waals surface area contributed by atoms with E-state index in [2.05, 4.69) is 0 Å². The van der Waals surface area contributed by atoms with Crippen LogP contribution in [0.3, 0.4) is 0 Å². The molecule has 4 aliphatic rings. The van der Waals surface area contributed by atoms with Crippen molar-refractivity contribution < 1.29 is 19.5 Å². The first-order chi connectivity index (χ1) is 19.7. The van der Waals surface area contributed by atoms with Gasteiger partial charge in [-0.25, -0.2) is 0 Å². The standard InChI is InChI=1S/C32H34ClN3O4S/c1-4-21(19-37)36-27-30(40)35(26-20(2)11-8-14-23(26)33)18-10-16-32(27)25(29(36)39)24-28(38)34(22-12-6-5-7-13-22)17-9-15-31(24,3)41-32/h5-16,21,24-25,27,37H,4,17-19H2,1-3H3/t21-,24+,25-,27?,31-,32-/m0/s1. The van der Waals surface area contributed by atoms with Crippen LogP contribution < -0.4 is 9.80 Å². The molecule has 4 aliphatic heterocycles. The quantitative estimate of drug-likeness (QED) is 0.514. The van der Waals surface area contributed by atoms with Crippen LogP contribution in [0.1, 0.15) is 25.8 Å². The van der Waals surface area contributed by atoms with Crippen LogP contribution >= 0.6 is 23.4 Å². The highest BCUT2D eigenvalue weighted by atomic mass is 35.5. The molecule has 0 aromatic heterocycles. The third kappa shape index (κ3) is 4.09. The van der Waals surface area contributed by atoms with Gasteiger partial charge in [-0.1, -0.05) is 73.2 Å². The maximum Gasteiger partial charge on any atom is 0.251 e. The van der Waals surface area contributed by atoms with Gasteiger partial charge in [-0.15, -0.1) is 11.8 Å². The lowest BCUT2D eigenvalue weighted by Gasteiger charge is -2.39. The SMILES string of the molecule is CC[C@@H](CO)N1C(=O)[C@@H]2[C@@H]3C(=O)N(c4ccccc4)CC=C[C@]3(C)S[C@@]23C=CCN(c2c(C)cccc2Cl)C(=O)C13. The Morgan fingerprint density at radius 2 is 1.66 bits per heavy atom. The molecule has 1 N–H and O–H groups in total. The zero-order valence-electron chi connectivity index (χ0n) is 23.4. The summed E-state index contributed by atoms with van der Waals surface area (Å²) in [4.78, 5) is 48.8. The molecular weight excluding hydrogens is 558 g/mol. The van der Waals surface area contributed by atoms with Gasteiger partial charge in [-0.3, -0.25) is 14.4 Å². The van der Waals surface area contributed by atoms with Gasteiger partial charge < -0.3 is 19.8 Å². The molecule has 2 aromatic rings. The Labute approximate surface area is 249 Å². The van der Waals surface area contributed by atoms with Crippen LogP contribution in [0.5, 0.6) is 0 Å². The molecule has 4 heterocycles. The molecule has 2 aromatic carbocycles. The summed E-state index contributed by atoms with van der Waals surface area (Å²) >= 11 is 8.18. The number of anilines is 2. The fraction of sp³-hybridized carbons (Fsp3) is 0.406. The number of aryl methyl sites for hydroxylation is 1. The number of aliphatic hydroxyl groups is 1. The minimum atomic E-state index is -1.00. The molecule has 2 saturated heterocycles. The number of rotatable bonds is 5. The molecule has 0 aliphatic carbocycles. The van der Waals surface area contributed by atoms with E-state index in [1.807, 2.05) is 87.5 Å². The summed E-state index contributed by atoms with van der Waals surface area (Å²) in [6.45, 7) is 6.23. The zero-order chi connectivity index (χ0) is 29.1. The molecule has 1 spiro atoms. The van der Waals surface area contributed by atoms with Crippen molar-refractivity contribution >= 4 is 52.5 Å². The number of hydrogen-bond acceptors (Lipinski definition) is 5. The summed E-state index contributed by atoms with van der Waals surface area (Å²) in [7, 11) is 0. The minimum Gasteiger partial charge on any atom is -0.394 e. The van der Waals surface area contributed by atoms with Gasteiger partial charge in [0.05, 0.1) is 39.9 Å². The summed E-state index contributed by atoms with van der Waals surface area (Å²) in [5.74, 6) is -2.12. The normalized spacial score (nSPS) is 31.6. The third-order valence-electron chi connectivity index (χ3n) is 9.10. The number of para-hydroxylation sites is 2. The van der Waals surface area contributed by atoms with E-state index in [0.717, 1.165) is 11.3 Å². The van der Waals surface area contributed by atoms with Crippen molar-refractivity contribution in [3.63, 3.8) is 0 Å². The molecule has 6 atom stereocenters. The number of thioether (sulfide) groups is 1. The van der Waals surface area contributed by atoms with Crippen LogP contribution in [0.15, 0.2) is 72.8 Å². The van der Waals surface area contributed by atoms with Crippen molar-refractivity contribution in [2.24, 2.45) is 11.8 Å². The highest BCUT2D eigenvalue weighted by Gasteiger charge is 2.74. The molecule has 214 valence electrons. The second-order valence-electron chi connectivity index (χ2n) is 11.4. The summed E-state index contributed by atoms with van der Waals surface area (Å²) in [5, 5.41) is 10.9. The number of hydrogen-bond donors (Lipinski definition) is 1. The first-order valence-electron chi connectivity index (χ1n) is 14.1. The number of amides is 3. The number of carbonyl (C=O) groups excluding carboxylic acids is 3. The molecule has 0 saturated carbocycles. The van der Waals surface area contributed by atoms with Gasteiger partial charge >= 0.3 is 0 Å². The van der Waals surface area contributed by atoms with Crippen LogP contribution in [0.2, 0.25) is 5.02 Å². The number of benzene rings is 2. The molecule has 7 nitrogen and oxygen atoms in total. The Morgan fingerprint density at radius 1 is 0.951 bits per heavy atom. The fourth-order valence-electron chi connectivity index (χ4n) is 7.27. The number of nitrogens with zero attached hydrogens (tertiary/aromatic N) is 3. The lowest BCUT2D eigenvalue weighted by molar-refractivity contribution is -0.142. The van der Waals surface area contributed by atoms with Crippen molar-refractivity contribution in [3.8, 4) is 0 Å². The van der Waals surface area contributed by atoms with Crippen LogP contribution in [-0.4, -0.2) is 69.0 Å². The monoisotopic (exact) mass is 591 g/mol. The van der Waals surface area contributed by atoms with Gasteiger partial charge in [0, 0.05) is 23.5 Å². The van der Waals surface area contributed by atoms with Crippen molar-refractivity contribution in [2.75, 3.05) is 29.5 Å². The third-order valence-corrected chi connectivity index (χ3v) is 11.2. The molecule has 3 amide bonds. The molecule has 41 heavy (non-hydrogen) atoms.